The van der Waals surface area contributed by atoms with Crippen LogP contribution in [-0.4, -0.2) is 5.78 Å². The van der Waals surface area contributed by atoms with Gasteiger partial charge >= 0.3 is 0 Å². The van der Waals surface area contributed by atoms with Crippen LogP contribution in [0.15, 0.2) is 12.1 Å². The summed E-state index contributed by atoms with van der Waals surface area (Å²) in [5.41, 5.74) is 5.06. The second-order valence-electron chi connectivity index (χ2n) is 7.00. The van der Waals surface area contributed by atoms with Crippen LogP contribution < -0.4 is 0 Å². The average molecular weight is 284 g/mol. The first-order valence-corrected chi connectivity index (χ1v) is 8.86. The average Bonchev–Trinajstić information content (AvgIpc) is 3.15. The maximum absolute atomic E-state index is 13.2. The molecule has 2 bridgehead atoms. The van der Waals surface area contributed by atoms with E-state index in [1.807, 2.05) is 0 Å². The van der Waals surface area contributed by atoms with Crippen molar-refractivity contribution >= 4 is 5.78 Å². The lowest BCUT2D eigenvalue weighted by Crippen LogP contribution is -2.23. The minimum absolute atomic E-state index is 0.326. The zero-order valence-electron chi connectivity index (χ0n) is 13.7. The number of Topliss-reactive ketones (excluding diaryl/α,β-unsaturated/α-hetero) is 1. The minimum Gasteiger partial charge on any atom is -0.294 e. The van der Waals surface area contributed by atoms with Crippen molar-refractivity contribution in [2.24, 2.45) is 17.8 Å². The fourth-order valence-electron chi connectivity index (χ4n) is 4.67. The Morgan fingerprint density at radius 3 is 2.10 bits per heavy atom. The standard InChI is InChI=1S/C20H28O/c1-4-13-9-15(5-2)19(16(6-3)10-13)20(21)18-12-14-7-8-17(18)11-14/h9-10,14,17-18H,4-8,11-12H2,1-3H3. The maximum Gasteiger partial charge on any atom is 0.166 e. The molecular weight excluding hydrogens is 256 g/mol. The van der Waals surface area contributed by atoms with Crippen LogP contribution in [0.4, 0.5) is 0 Å². The summed E-state index contributed by atoms with van der Waals surface area (Å²) in [5, 5.41) is 0. The molecule has 1 nitrogen and oxygen atoms in total. The highest BCUT2D eigenvalue weighted by Gasteiger charge is 2.43. The SMILES string of the molecule is CCc1cc(CC)c(C(=O)C2CC3CCC2C3)c(CC)c1. The zero-order valence-corrected chi connectivity index (χ0v) is 13.7. The largest absolute Gasteiger partial charge is 0.294 e. The van der Waals surface area contributed by atoms with E-state index in [-0.39, 0.29) is 0 Å². The molecule has 0 heterocycles. The van der Waals surface area contributed by atoms with Crippen molar-refractivity contribution in [3.63, 3.8) is 0 Å². The van der Waals surface area contributed by atoms with Gasteiger partial charge in [-0.1, -0.05) is 39.3 Å². The van der Waals surface area contributed by atoms with Crippen LogP contribution in [0.5, 0.6) is 0 Å². The van der Waals surface area contributed by atoms with Crippen LogP contribution in [-0.2, 0) is 19.3 Å². The van der Waals surface area contributed by atoms with Gasteiger partial charge in [-0.3, -0.25) is 4.79 Å². The monoisotopic (exact) mass is 284 g/mol. The van der Waals surface area contributed by atoms with Gasteiger partial charge in [0.2, 0.25) is 0 Å². The maximum atomic E-state index is 13.2. The second-order valence-corrected chi connectivity index (χ2v) is 7.00. The van der Waals surface area contributed by atoms with Gasteiger partial charge in [0, 0.05) is 11.5 Å². The highest BCUT2D eigenvalue weighted by Crippen LogP contribution is 2.49. The van der Waals surface area contributed by atoms with Gasteiger partial charge in [0.1, 0.15) is 0 Å². The summed E-state index contributed by atoms with van der Waals surface area (Å²) in [7, 11) is 0. The molecule has 3 atom stereocenters. The molecule has 21 heavy (non-hydrogen) atoms. The van der Waals surface area contributed by atoms with Crippen molar-refractivity contribution in [3.05, 3.63) is 34.4 Å². The summed E-state index contributed by atoms with van der Waals surface area (Å²) in [5.74, 6) is 2.32. The summed E-state index contributed by atoms with van der Waals surface area (Å²) < 4.78 is 0. The van der Waals surface area contributed by atoms with Crippen LogP contribution in [0.1, 0.15) is 73.5 Å². The van der Waals surface area contributed by atoms with Gasteiger partial charge in [0.25, 0.3) is 0 Å². The minimum atomic E-state index is 0.326. The van der Waals surface area contributed by atoms with Gasteiger partial charge in [-0.25, -0.2) is 0 Å². The quantitative estimate of drug-likeness (QED) is 0.696. The molecule has 0 aliphatic heterocycles. The number of fused-ring (bicyclic) bond motifs is 2. The van der Waals surface area contributed by atoms with E-state index in [9.17, 15) is 4.79 Å². The highest BCUT2D eigenvalue weighted by molar-refractivity contribution is 6.01. The van der Waals surface area contributed by atoms with Crippen LogP contribution in [0.3, 0.4) is 0 Å². The summed E-state index contributed by atoms with van der Waals surface area (Å²) >= 11 is 0. The van der Waals surface area contributed by atoms with E-state index in [0.717, 1.165) is 37.2 Å². The fourth-order valence-corrected chi connectivity index (χ4v) is 4.67. The van der Waals surface area contributed by atoms with Crippen molar-refractivity contribution in [1.29, 1.82) is 0 Å². The molecule has 0 aromatic heterocycles. The molecule has 0 spiro atoms. The molecular formula is C20H28O. The van der Waals surface area contributed by atoms with Gasteiger partial charge in [-0.15, -0.1) is 0 Å². The Balaban J connectivity index is 1.98. The van der Waals surface area contributed by atoms with Crippen molar-refractivity contribution in [2.45, 2.75) is 65.7 Å². The van der Waals surface area contributed by atoms with Crippen LogP contribution in [0.25, 0.3) is 0 Å². The summed E-state index contributed by atoms with van der Waals surface area (Å²) in [4.78, 5) is 13.2. The van der Waals surface area contributed by atoms with E-state index in [4.69, 9.17) is 0 Å². The summed E-state index contributed by atoms with van der Waals surface area (Å²) in [6.07, 6.45) is 8.13. The Kier molecular flexibility index (Phi) is 4.19. The predicted octanol–water partition coefficient (Wildman–Crippen LogP) is 4.99. The molecule has 0 saturated heterocycles. The molecule has 0 amide bonds. The predicted molar refractivity (Wildman–Crippen MR) is 87.8 cm³/mol. The van der Waals surface area contributed by atoms with Gasteiger partial charge < -0.3 is 0 Å². The van der Waals surface area contributed by atoms with Crippen molar-refractivity contribution in [1.82, 2.24) is 0 Å². The number of aryl methyl sites for hydroxylation is 3. The second kappa shape index (κ2) is 5.94. The lowest BCUT2D eigenvalue weighted by atomic mass is 9.79. The highest BCUT2D eigenvalue weighted by atomic mass is 16.1. The molecule has 0 N–H and O–H groups in total. The van der Waals surface area contributed by atoms with Gasteiger partial charge in [-0.05, 0) is 67.1 Å². The fraction of sp³-hybridized carbons (Fsp3) is 0.650. The number of hydrogen-bond donors (Lipinski definition) is 0. The van der Waals surface area contributed by atoms with E-state index in [2.05, 4.69) is 32.9 Å². The van der Waals surface area contributed by atoms with Crippen LogP contribution in [0.2, 0.25) is 0 Å². The molecule has 2 saturated carbocycles. The van der Waals surface area contributed by atoms with E-state index >= 15 is 0 Å². The molecule has 2 aliphatic rings. The Morgan fingerprint density at radius 2 is 1.67 bits per heavy atom. The molecule has 1 heteroatoms. The lowest BCUT2D eigenvalue weighted by Gasteiger charge is -2.23. The topological polar surface area (TPSA) is 17.1 Å². The van der Waals surface area contributed by atoms with Gasteiger partial charge in [-0.2, -0.15) is 0 Å². The molecule has 114 valence electrons. The molecule has 3 unspecified atom stereocenters. The number of rotatable bonds is 5. The number of benzene rings is 1. The molecule has 1 aromatic carbocycles. The van der Waals surface area contributed by atoms with E-state index in [0.29, 0.717) is 17.6 Å². The first-order chi connectivity index (χ1) is 10.2. The Labute approximate surface area is 129 Å². The number of carbonyl (C=O) groups excluding carboxylic acids is 1. The van der Waals surface area contributed by atoms with Crippen LogP contribution in [0, 0.1) is 17.8 Å². The third-order valence-electron chi connectivity index (χ3n) is 5.85. The molecule has 1 aromatic rings. The van der Waals surface area contributed by atoms with E-state index < -0.39 is 0 Å². The van der Waals surface area contributed by atoms with E-state index in [1.165, 1.54) is 36.0 Å². The number of ketones is 1. The smallest absolute Gasteiger partial charge is 0.166 e. The third kappa shape index (κ3) is 2.56. The van der Waals surface area contributed by atoms with Gasteiger partial charge in [0.15, 0.2) is 5.78 Å². The zero-order chi connectivity index (χ0) is 15.0. The molecule has 2 fully saturated rings. The first kappa shape index (κ1) is 14.8. The number of hydrogen-bond acceptors (Lipinski definition) is 1. The molecule has 2 aliphatic carbocycles. The summed E-state index contributed by atoms with van der Waals surface area (Å²) in [6, 6.07) is 4.55. The first-order valence-electron chi connectivity index (χ1n) is 8.86. The normalized spacial score (nSPS) is 27.3. The molecule has 0 radical (unpaired) electrons. The Morgan fingerprint density at radius 1 is 1.00 bits per heavy atom. The molecule has 3 rings (SSSR count). The summed E-state index contributed by atoms with van der Waals surface area (Å²) in [6.45, 7) is 6.57. The van der Waals surface area contributed by atoms with Gasteiger partial charge in [0.05, 0.1) is 0 Å². The lowest BCUT2D eigenvalue weighted by molar-refractivity contribution is 0.0873. The van der Waals surface area contributed by atoms with Crippen molar-refractivity contribution < 1.29 is 4.79 Å². The van der Waals surface area contributed by atoms with Crippen molar-refractivity contribution in [2.75, 3.05) is 0 Å². The third-order valence-corrected chi connectivity index (χ3v) is 5.85. The number of carbonyl (C=O) groups is 1. The van der Waals surface area contributed by atoms with Crippen molar-refractivity contribution in [3.8, 4) is 0 Å². The Bertz CT molecular complexity index is 518. The van der Waals surface area contributed by atoms with Crippen LogP contribution >= 0.6 is 0 Å². The Hall–Kier alpha value is -1.11. The van der Waals surface area contributed by atoms with E-state index in [1.54, 1.807) is 0 Å².